The van der Waals surface area contributed by atoms with Crippen molar-refractivity contribution in [2.24, 2.45) is 0 Å². The van der Waals surface area contributed by atoms with Crippen molar-refractivity contribution >= 4 is 17.8 Å². The number of carbonyl (C=O) groups is 2. The summed E-state index contributed by atoms with van der Waals surface area (Å²) in [5, 5.41) is 2.49. The van der Waals surface area contributed by atoms with Gasteiger partial charge in [-0.1, -0.05) is 6.07 Å². The Labute approximate surface area is 204 Å². The number of nitrogens with zero attached hydrogens (tertiary/aromatic N) is 3. The summed E-state index contributed by atoms with van der Waals surface area (Å²) in [7, 11) is 0. The highest BCUT2D eigenvalue weighted by molar-refractivity contribution is 6.04. The lowest BCUT2D eigenvalue weighted by molar-refractivity contribution is 0.0222. The van der Waals surface area contributed by atoms with Gasteiger partial charge in [-0.05, 0) is 62.1 Å². The SMILES string of the molecule is CC(C)(C)OC(=O)N1CCc2c(ccc(C(=O)Nc3cn(Cc4cc(F)c(F)c(F)c4)cn3)c2F)C1. The molecule has 1 aromatic heterocycles. The van der Waals surface area contributed by atoms with Gasteiger partial charge in [0.25, 0.3) is 5.91 Å². The molecule has 0 atom stereocenters. The van der Waals surface area contributed by atoms with Crippen LogP contribution in [-0.2, 0) is 24.2 Å². The number of halogens is 4. The Morgan fingerprint density at radius 2 is 1.78 bits per heavy atom. The Bertz CT molecular complexity index is 1310. The van der Waals surface area contributed by atoms with Gasteiger partial charge in [-0.25, -0.2) is 27.3 Å². The quantitative estimate of drug-likeness (QED) is 0.399. The number of benzene rings is 2. The highest BCUT2D eigenvalue weighted by Gasteiger charge is 2.28. The predicted octanol–water partition coefficient (Wildman–Crippen LogP) is 5.03. The summed E-state index contributed by atoms with van der Waals surface area (Å²) in [6.45, 7) is 5.67. The molecule has 7 nitrogen and oxygen atoms in total. The zero-order valence-electron chi connectivity index (χ0n) is 19.9. The molecule has 0 unspecified atom stereocenters. The normalized spacial score (nSPS) is 13.4. The monoisotopic (exact) mass is 504 g/mol. The molecule has 4 rings (SSSR count). The topological polar surface area (TPSA) is 76.5 Å². The van der Waals surface area contributed by atoms with Crippen LogP contribution in [0.25, 0.3) is 0 Å². The first kappa shape index (κ1) is 25.2. The fourth-order valence-electron chi connectivity index (χ4n) is 3.87. The molecule has 190 valence electrons. The average Bonchev–Trinajstić information content (AvgIpc) is 3.22. The molecule has 1 N–H and O–H groups in total. The van der Waals surface area contributed by atoms with Gasteiger partial charge in [0, 0.05) is 25.8 Å². The number of rotatable bonds is 4. The van der Waals surface area contributed by atoms with E-state index in [0.717, 1.165) is 12.1 Å². The van der Waals surface area contributed by atoms with Crippen LogP contribution < -0.4 is 5.32 Å². The van der Waals surface area contributed by atoms with Crippen LogP contribution in [0.5, 0.6) is 0 Å². The third-order valence-electron chi connectivity index (χ3n) is 5.51. The molecule has 0 aliphatic carbocycles. The first-order chi connectivity index (χ1) is 16.9. The van der Waals surface area contributed by atoms with E-state index in [1.54, 1.807) is 26.8 Å². The van der Waals surface area contributed by atoms with Gasteiger partial charge in [-0.2, -0.15) is 0 Å². The standard InChI is InChI=1S/C25H24F4N4O3/c1-25(2,3)36-24(35)33-7-6-16-15(11-33)4-5-17(21(16)28)23(34)31-20-12-32(13-30-20)10-14-8-18(26)22(29)19(27)9-14/h4-5,8-9,12-13H,6-7,10-11H2,1-3H3,(H,31,34). The van der Waals surface area contributed by atoms with E-state index in [4.69, 9.17) is 4.74 Å². The van der Waals surface area contributed by atoms with E-state index in [-0.39, 0.29) is 43.0 Å². The molecule has 1 aliphatic rings. The molecular formula is C25H24F4N4O3. The minimum Gasteiger partial charge on any atom is -0.444 e. The first-order valence-electron chi connectivity index (χ1n) is 11.2. The zero-order valence-corrected chi connectivity index (χ0v) is 19.9. The van der Waals surface area contributed by atoms with Gasteiger partial charge in [0.05, 0.1) is 11.9 Å². The molecule has 2 heterocycles. The highest BCUT2D eigenvalue weighted by Crippen LogP contribution is 2.26. The van der Waals surface area contributed by atoms with Crippen molar-refractivity contribution in [3.05, 3.63) is 82.3 Å². The highest BCUT2D eigenvalue weighted by atomic mass is 19.2. The molecule has 36 heavy (non-hydrogen) atoms. The van der Waals surface area contributed by atoms with E-state index < -0.39 is 40.9 Å². The number of ether oxygens (including phenoxy) is 1. The summed E-state index contributed by atoms with van der Waals surface area (Å²) in [4.78, 5) is 30.5. The maximum absolute atomic E-state index is 15.2. The first-order valence-corrected chi connectivity index (χ1v) is 11.2. The van der Waals surface area contributed by atoms with E-state index in [2.05, 4.69) is 10.3 Å². The van der Waals surface area contributed by atoms with Crippen LogP contribution >= 0.6 is 0 Å². The van der Waals surface area contributed by atoms with Crippen LogP contribution in [0.1, 0.15) is 47.8 Å². The minimum atomic E-state index is -1.55. The van der Waals surface area contributed by atoms with E-state index in [9.17, 15) is 22.8 Å². The van der Waals surface area contributed by atoms with Crippen LogP contribution in [0.3, 0.4) is 0 Å². The van der Waals surface area contributed by atoms with Crippen molar-refractivity contribution in [2.45, 2.75) is 45.9 Å². The zero-order chi connectivity index (χ0) is 26.2. The average molecular weight is 504 g/mol. The number of carbonyl (C=O) groups excluding carboxylic acids is 2. The van der Waals surface area contributed by atoms with Crippen LogP contribution in [0.15, 0.2) is 36.8 Å². The lowest BCUT2D eigenvalue weighted by Crippen LogP contribution is -2.40. The molecule has 2 aromatic carbocycles. The van der Waals surface area contributed by atoms with Crippen LogP contribution in [0.4, 0.5) is 28.2 Å². The summed E-state index contributed by atoms with van der Waals surface area (Å²) in [5.74, 6) is -5.48. The second-order valence-corrected chi connectivity index (χ2v) is 9.48. The van der Waals surface area contributed by atoms with Gasteiger partial charge in [0.15, 0.2) is 23.3 Å². The van der Waals surface area contributed by atoms with Crippen molar-refractivity contribution in [3.8, 4) is 0 Å². The van der Waals surface area contributed by atoms with Gasteiger partial charge in [-0.15, -0.1) is 0 Å². The van der Waals surface area contributed by atoms with E-state index in [1.807, 2.05) is 0 Å². The number of amides is 2. The predicted molar refractivity (Wildman–Crippen MR) is 122 cm³/mol. The number of anilines is 1. The maximum Gasteiger partial charge on any atom is 0.410 e. The smallest absolute Gasteiger partial charge is 0.410 e. The molecule has 0 saturated carbocycles. The Kier molecular flexibility index (Phi) is 6.75. The number of fused-ring (bicyclic) bond motifs is 1. The number of hydrogen-bond acceptors (Lipinski definition) is 4. The van der Waals surface area contributed by atoms with Gasteiger partial charge < -0.3 is 19.5 Å². The van der Waals surface area contributed by atoms with Gasteiger partial charge in [0.1, 0.15) is 11.4 Å². The molecule has 0 radical (unpaired) electrons. The van der Waals surface area contributed by atoms with Crippen LogP contribution in [0, 0.1) is 23.3 Å². The molecule has 2 amide bonds. The van der Waals surface area contributed by atoms with Crippen molar-refractivity contribution in [1.82, 2.24) is 14.5 Å². The van der Waals surface area contributed by atoms with E-state index in [1.165, 1.54) is 28.1 Å². The van der Waals surface area contributed by atoms with Crippen molar-refractivity contribution in [3.63, 3.8) is 0 Å². The Balaban J connectivity index is 1.44. The third-order valence-corrected chi connectivity index (χ3v) is 5.51. The molecule has 1 aliphatic heterocycles. The van der Waals surface area contributed by atoms with Crippen LogP contribution in [0.2, 0.25) is 0 Å². The van der Waals surface area contributed by atoms with E-state index in [0.29, 0.717) is 11.1 Å². The van der Waals surface area contributed by atoms with Gasteiger partial charge in [0.2, 0.25) is 0 Å². The summed E-state index contributed by atoms with van der Waals surface area (Å²) in [5.41, 5.74) is 0.264. The maximum atomic E-state index is 15.2. The fourth-order valence-corrected chi connectivity index (χ4v) is 3.87. The Morgan fingerprint density at radius 3 is 2.44 bits per heavy atom. The summed E-state index contributed by atoms with van der Waals surface area (Å²) in [6.07, 6.45) is 2.44. The Hall–Kier alpha value is -3.89. The van der Waals surface area contributed by atoms with Crippen molar-refractivity contribution in [2.75, 3.05) is 11.9 Å². The molecular weight excluding hydrogens is 480 g/mol. The van der Waals surface area contributed by atoms with Crippen LogP contribution in [-0.4, -0.2) is 38.6 Å². The summed E-state index contributed by atoms with van der Waals surface area (Å²) >= 11 is 0. The fraction of sp³-hybridized carbons (Fsp3) is 0.320. The number of imidazole rings is 1. The van der Waals surface area contributed by atoms with Crippen molar-refractivity contribution < 1.29 is 31.9 Å². The molecule has 0 spiro atoms. The molecule has 0 bridgehead atoms. The minimum absolute atomic E-state index is 0.0294. The lowest BCUT2D eigenvalue weighted by atomic mass is 9.96. The van der Waals surface area contributed by atoms with Gasteiger partial charge in [-0.3, -0.25) is 4.79 Å². The van der Waals surface area contributed by atoms with Crippen molar-refractivity contribution in [1.29, 1.82) is 0 Å². The third kappa shape index (κ3) is 5.50. The second kappa shape index (κ2) is 9.63. The summed E-state index contributed by atoms with van der Waals surface area (Å²) < 4.78 is 62.0. The molecule has 11 heteroatoms. The second-order valence-electron chi connectivity index (χ2n) is 9.48. The van der Waals surface area contributed by atoms with Gasteiger partial charge >= 0.3 is 6.09 Å². The molecule has 3 aromatic rings. The molecule has 0 fully saturated rings. The number of aromatic nitrogens is 2. The largest absolute Gasteiger partial charge is 0.444 e. The lowest BCUT2D eigenvalue weighted by Gasteiger charge is -2.31. The van der Waals surface area contributed by atoms with E-state index >= 15 is 4.39 Å². The Morgan fingerprint density at radius 1 is 1.08 bits per heavy atom. The number of hydrogen-bond donors (Lipinski definition) is 1. The number of nitrogens with one attached hydrogen (secondary N) is 1. The summed E-state index contributed by atoms with van der Waals surface area (Å²) in [6, 6.07) is 4.66. The molecule has 0 saturated heterocycles.